The van der Waals surface area contributed by atoms with Gasteiger partial charge >= 0.3 is 0 Å². The molecule has 0 unspecified atom stereocenters. The van der Waals surface area contributed by atoms with Crippen molar-refractivity contribution in [3.05, 3.63) is 87.4 Å². The zero-order valence-corrected chi connectivity index (χ0v) is 22.1. The number of nitrogens with zero attached hydrogens (tertiary/aromatic N) is 3. The van der Waals surface area contributed by atoms with Crippen LogP contribution in [0.25, 0.3) is 0 Å². The molecule has 0 aromatic heterocycles. The molecule has 0 N–H and O–H groups in total. The van der Waals surface area contributed by atoms with Crippen LogP contribution in [0.1, 0.15) is 5.56 Å². The molecule has 0 radical (unpaired) electrons. The van der Waals surface area contributed by atoms with Crippen LogP contribution in [0.2, 0.25) is 15.1 Å². The van der Waals surface area contributed by atoms with Gasteiger partial charge in [-0.15, -0.1) is 0 Å². The van der Waals surface area contributed by atoms with Crippen molar-refractivity contribution in [1.29, 1.82) is 0 Å². The fourth-order valence-electron chi connectivity index (χ4n) is 4.02. The fraction of sp³-hybridized carbons (Fsp3) is 0.240. The van der Waals surface area contributed by atoms with Gasteiger partial charge in [-0.2, -0.15) is 0 Å². The average molecular weight is 553 g/mol. The fourth-order valence-corrected chi connectivity index (χ4v) is 5.91. The molecule has 1 amide bonds. The lowest BCUT2D eigenvalue weighted by atomic mass is 10.1. The van der Waals surface area contributed by atoms with E-state index in [4.69, 9.17) is 34.8 Å². The molecule has 184 valence electrons. The van der Waals surface area contributed by atoms with Gasteiger partial charge < -0.3 is 9.80 Å². The second-order valence-electron chi connectivity index (χ2n) is 8.24. The number of anilines is 2. The van der Waals surface area contributed by atoms with Crippen molar-refractivity contribution >= 4 is 62.1 Å². The number of amides is 1. The zero-order valence-electron chi connectivity index (χ0n) is 19.0. The lowest BCUT2D eigenvalue weighted by Gasteiger charge is -2.37. The minimum absolute atomic E-state index is 0.0379. The van der Waals surface area contributed by atoms with E-state index in [0.717, 1.165) is 15.6 Å². The van der Waals surface area contributed by atoms with Gasteiger partial charge in [0.05, 0.1) is 10.6 Å². The lowest BCUT2D eigenvalue weighted by Crippen LogP contribution is -2.52. The van der Waals surface area contributed by atoms with E-state index in [1.807, 2.05) is 25.1 Å². The summed E-state index contributed by atoms with van der Waals surface area (Å²) in [6.45, 7) is 3.85. The van der Waals surface area contributed by atoms with Crippen molar-refractivity contribution in [2.45, 2.75) is 11.8 Å². The molecule has 6 nitrogen and oxygen atoms in total. The summed E-state index contributed by atoms with van der Waals surface area (Å²) in [5, 5.41) is 1.45. The van der Waals surface area contributed by atoms with E-state index in [-0.39, 0.29) is 17.3 Å². The summed E-state index contributed by atoms with van der Waals surface area (Å²) in [5.74, 6) is -0.287. The summed E-state index contributed by atoms with van der Waals surface area (Å²) in [4.78, 5) is 17.2. The molecule has 0 atom stereocenters. The molecule has 4 rings (SSSR count). The Morgan fingerprint density at radius 2 is 1.49 bits per heavy atom. The van der Waals surface area contributed by atoms with Crippen LogP contribution in [0, 0.1) is 6.92 Å². The topological polar surface area (TPSA) is 60.9 Å². The normalized spacial score (nSPS) is 14.2. The van der Waals surface area contributed by atoms with E-state index in [1.54, 1.807) is 23.1 Å². The lowest BCUT2D eigenvalue weighted by molar-refractivity contribution is -0.129. The Balaban J connectivity index is 1.54. The first-order chi connectivity index (χ1) is 16.6. The molecular weight excluding hydrogens is 529 g/mol. The number of rotatable bonds is 6. The Labute approximate surface area is 220 Å². The zero-order chi connectivity index (χ0) is 25.2. The first kappa shape index (κ1) is 25.6. The van der Waals surface area contributed by atoms with Crippen molar-refractivity contribution in [3.63, 3.8) is 0 Å². The Hall–Kier alpha value is -2.45. The first-order valence-corrected chi connectivity index (χ1v) is 13.6. The predicted molar refractivity (Wildman–Crippen MR) is 142 cm³/mol. The summed E-state index contributed by atoms with van der Waals surface area (Å²) in [5.41, 5.74) is 2.46. The Morgan fingerprint density at radius 1 is 0.857 bits per heavy atom. The summed E-state index contributed by atoms with van der Waals surface area (Å²) >= 11 is 18.3. The summed E-state index contributed by atoms with van der Waals surface area (Å²) in [7, 11) is -4.04. The molecular formula is C25H24Cl3N3O3S. The van der Waals surface area contributed by atoms with Crippen molar-refractivity contribution in [3.8, 4) is 0 Å². The Bertz CT molecular complexity index is 1330. The van der Waals surface area contributed by atoms with Crippen LogP contribution in [-0.4, -0.2) is 51.9 Å². The highest BCUT2D eigenvalue weighted by Gasteiger charge is 2.30. The number of piperazine rings is 1. The van der Waals surface area contributed by atoms with Gasteiger partial charge in [0.1, 0.15) is 6.54 Å². The quantitative estimate of drug-likeness (QED) is 0.405. The minimum Gasteiger partial charge on any atom is -0.368 e. The predicted octanol–water partition coefficient (Wildman–Crippen LogP) is 5.50. The Morgan fingerprint density at radius 3 is 2.14 bits per heavy atom. The van der Waals surface area contributed by atoms with Gasteiger partial charge in [-0.3, -0.25) is 9.10 Å². The molecule has 0 aliphatic carbocycles. The molecule has 1 saturated heterocycles. The van der Waals surface area contributed by atoms with E-state index >= 15 is 0 Å². The highest BCUT2D eigenvalue weighted by atomic mass is 35.5. The number of hydrogen-bond donors (Lipinski definition) is 0. The highest BCUT2D eigenvalue weighted by molar-refractivity contribution is 7.92. The molecule has 1 fully saturated rings. The molecule has 1 aliphatic heterocycles. The summed E-state index contributed by atoms with van der Waals surface area (Å²) < 4.78 is 28.2. The van der Waals surface area contributed by atoms with Crippen molar-refractivity contribution < 1.29 is 13.2 Å². The number of carbonyl (C=O) groups is 1. The number of sulfonamides is 1. The third-order valence-corrected chi connectivity index (χ3v) is 8.43. The van der Waals surface area contributed by atoms with Crippen LogP contribution in [0.5, 0.6) is 0 Å². The number of hydrogen-bond acceptors (Lipinski definition) is 4. The van der Waals surface area contributed by atoms with Gasteiger partial charge in [0.25, 0.3) is 10.0 Å². The maximum atomic E-state index is 13.5. The maximum absolute atomic E-state index is 13.5. The van der Waals surface area contributed by atoms with E-state index in [0.29, 0.717) is 46.9 Å². The van der Waals surface area contributed by atoms with E-state index < -0.39 is 10.0 Å². The van der Waals surface area contributed by atoms with Gasteiger partial charge in [0.15, 0.2) is 0 Å². The van der Waals surface area contributed by atoms with Crippen LogP contribution < -0.4 is 9.21 Å². The SMILES string of the molecule is Cc1ccc(Cl)cc1N1CCN(C(=O)CN(c2cccc(Cl)c2)S(=O)(=O)c2ccc(Cl)cc2)CC1. The van der Waals surface area contributed by atoms with Crippen molar-refractivity contribution in [2.24, 2.45) is 0 Å². The van der Waals surface area contributed by atoms with Crippen molar-refractivity contribution in [1.82, 2.24) is 4.90 Å². The first-order valence-electron chi connectivity index (χ1n) is 11.0. The molecule has 3 aromatic carbocycles. The molecule has 3 aromatic rings. The Kier molecular flexibility index (Phi) is 7.81. The molecule has 10 heteroatoms. The van der Waals surface area contributed by atoms with Crippen LogP contribution in [0.4, 0.5) is 11.4 Å². The van der Waals surface area contributed by atoms with Gasteiger partial charge in [-0.1, -0.05) is 46.9 Å². The molecule has 1 heterocycles. The second kappa shape index (κ2) is 10.7. The average Bonchev–Trinajstić information content (AvgIpc) is 2.84. The monoisotopic (exact) mass is 551 g/mol. The third kappa shape index (κ3) is 5.86. The van der Waals surface area contributed by atoms with Crippen LogP contribution in [-0.2, 0) is 14.8 Å². The minimum atomic E-state index is -4.04. The third-order valence-electron chi connectivity index (χ3n) is 5.92. The van der Waals surface area contributed by atoms with Gasteiger partial charge in [-0.05, 0) is 67.1 Å². The van der Waals surface area contributed by atoms with E-state index in [9.17, 15) is 13.2 Å². The molecule has 35 heavy (non-hydrogen) atoms. The standard InChI is InChI=1S/C25H24Cl3N3O3S/c1-18-5-6-21(28)16-24(18)29-11-13-30(14-12-29)25(32)17-31(22-4-2-3-20(27)15-22)35(33,34)23-9-7-19(26)8-10-23/h2-10,15-16H,11-14,17H2,1H3. The second-order valence-corrected chi connectivity index (χ2v) is 11.4. The number of halogens is 3. The molecule has 1 aliphatic rings. The smallest absolute Gasteiger partial charge is 0.264 e. The van der Waals surface area contributed by atoms with Gasteiger partial charge in [0, 0.05) is 46.9 Å². The number of benzene rings is 3. The number of carbonyl (C=O) groups excluding carboxylic acids is 1. The highest BCUT2D eigenvalue weighted by Crippen LogP contribution is 2.28. The number of aryl methyl sites for hydroxylation is 1. The largest absolute Gasteiger partial charge is 0.368 e. The molecule has 0 saturated carbocycles. The van der Waals surface area contributed by atoms with Crippen LogP contribution in [0.3, 0.4) is 0 Å². The van der Waals surface area contributed by atoms with E-state index in [2.05, 4.69) is 4.90 Å². The summed E-state index contributed by atoms with van der Waals surface area (Å²) in [6.07, 6.45) is 0. The summed E-state index contributed by atoms with van der Waals surface area (Å²) in [6, 6.07) is 18.0. The van der Waals surface area contributed by atoms with Crippen LogP contribution in [0.15, 0.2) is 71.6 Å². The maximum Gasteiger partial charge on any atom is 0.264 e. The molecule has 0 spiro atoms. The van der Waals surface area contributed by atoms with Crippen molar-refractivity contribution in [2.75, 3.05) is 41.9 Å². The van der Waals surface area contributed by atoms with Gasteiger partial charge in [-0.25, -0.2) is 8.42 Å². The van der Waals surface area contributed by atoms with Gasteiger partial charge in [0.2, 0.25) is 5.91 Å². The van der Waals surface area contributed by atoms with E-state index in [1.165, 1.54) is 30.3 Å². The molecule has 0 bridgehead atoms. The van der Waals surface area contributed by atoms with Crippen LogP contribution >= 0.6 is 34.8 Å².